The van der Waals surface area contributed by atoms with Crippen molar-refractivity contribution in [2.45, 2.75) is 20.3 Å². The van der Waals surface area contributed by atoms with E-state index in [9.17, 15) is 0 Å². The van der Waals surface area contributed by atoms with E-state index in [0.29, 0.717) is 0 Å². The van der Waals surface area contributed by atoms with Crippen LogP contribution >= 0.6 is 0 Å². The SMILES string of the molecule is C1CNC1.C=O.CC.CO.[HH]. The number of rotatable bonds is 0. The molecule has 0 bridgehead atoms. The molecule has 0 saturated carbocycles. The van der Waals surface area contributed by atoms with Gasteiger partial charge in [-0.1, -0.05) is 13.8 Å². The smallest absolute Gasteiger partial charge is 0.106 e. The van der Waals surface area contributed by atoms with Gasteiger partial charge in [0.1, 0.15) is 6.79 Å². The number of carbonyl (C=O) groups excluding carboxylic acids is 1. The summed E-state index contributed by atoms with van der Waals surface area (Å²) in [5.74, 6) is 0. The van der Waals surface area contributed by atoms with Crippen molar-refractivity contribution in [3.8, 4) is 0 Å². The zero-order valence-corrected chi connectivity index (χ0v) is 7.18. The van der Waals surface area contributed by atoms with Crippen molar-refractivity contribution in [2.24, 2.45) is 0 Å². The Morgan fingerprint density at radius 2 is 1.40 bits per heavy atom. The van der Waals surface area contributed by atoms with E-state index in [1.54, 1.807) is 0 Å². The van der Waals surface area contributed by atoms with E-state index in [-0.39, 0.29) is 1.43 Å². The summed E-state index contributed by atoms with van der Waals surface area (Å²) in [6.45, 7) is 8.50. The molecule has 0 amide bonds. The highest BCUT2D eigenvalue weighted by Crippen LogP contribution is 1.80. The quantitative estimate of drug-likeness (QED) is 0.535. The molecule has 0 aliphatic carbocycles. The molecule has 2 N–H and O–H groups in total. The lowest BCUT2D eigenvalue weighted by Crippen LogP contribution is -2.29. The molecule has 66 valence electrons. The molecule has 10 heavy (non-hydrogen) atoms. The van der Waals surface area contributed by atoms with Crippen LogP contribution < -0.4 is 5.32 Å². The number of nitrogens with one attached hydrogen (secondary N) is 1. The molecule has 3 heteroatoms. The fourth-order valence-corrected chi connectivity index (χ4v) is 0.177. The Kier molecular flexibility index (Phi) is 62.6. The van der Waals surface area contributed by atoms with E-state index < -0.39 is 0 Å². The van der Waals surface area contributed by atoms with Crippen molar-refractivity contribution in [1.82, 2.24) is 5.32 Å². The molecule has 0 aromatic rings. The summed E-state index contributed by atoms with van der Waals surface area (Å²) < 4.78 is 0. The predicted octanol–water partition coefficient (Wildman–Crippen LogP) is 0.675. The first kappa shape index (κ1) is 16.3. The number of hydrogen-bond acceptors (Lipinski definition) is 3. The lowest BCUT2D eigenvalue weighted by atomic mass is 10.3. The standard InChI is InChI=1S/C3H7N.C2H6.CH4O.CH2O.H2/c1-2-4-3-1;3*1-2;/h4H,1-3H2;1-2H3;2H,1H3;1H2;1H. The van der Waals surface area contributed by atoms with Crippen molar-refractivity contribution in [1.29, 1.82) is 0 Å². The zero-order valence-electron chi connectivity index (χ0n) is 7.18. The lowest BCUT2D eigenvalue weighted by molar-refractivity contribution is -0.0979. The van der Waals surface area contributed by atoms with Crippen LogP contribution in [0.5, 0.6) is 0 Å². The summed E-state index contributed by atoms with van der Waals surface area (Å²) in [5, 5.41) is 10.1. The van der Waals surface area contributed by atoms with Crippen molar-refractivity contribution in [3.05, 3.63) is 0 Å². The van der Waals surface area contributed by atoms with E-state index in [1.165, 1.54) is 19.5 Å². The van der Waals surface area contributed by atoms with Gasteiger partial charge in [-0.25, -0.2) is 0 Å². The van der Waals surface area contributed by atoms with Gasteiger partial charge in [0, 0.05) is 8.54 Å². The third-order valence-corrected chi connectivity index (χ3v) is 0.707. The van der Waals surface area contributed by atoms with Crippen LogP contribution in [-0.2, 0) is 4.79 Å². The Bertz CT molecular complexity index is 31.6. The summed E-state index contributed by atoms with van der Waals surface area (Å²) in [6, 6.07) is 0. The van der Waals surface area contributed by atoms with Gasteiger partial charge in [-0.15, -0.1) is 0 Å². The minimum atomic E-state index is 0. The Balaban J connectivity index is -0.0000000317. The molecular formula is C7H21NO2. The second kappa shape index (κ2) is 38.4. The summed E-state index contributed by atoms with van der Waals surface area (Å²) in [5.41, 5.74) is 0. The first-order valence-electron chi connectivity index (χ1n) is 3.44. The van der Waals surface area contributed by atoms with Gasteiger partial charge in [0.05, 0.1) is 0 Å². The van der Waals surface area contributed by atoms with E-state index in [2.05, 4.69) is 5.32 Å². The maximum Gasteiger partial charge on any atom is 0.106 e. The summed E-state index contributed by atoms with van der Waals surface area (Å²) in [7, 11) is 1.00. The molecule has 1 fully saturated rings. The van der Waals surface area contributed by atoms with Gasteiger partial charge in [0.2, 0.25) is 0 Å². The molecule has 1 heterocycles. The number of aliphatic hydroxyl groups is 1. The van der Waals surface area contributed by atoms with Gasteiger partial charge in [0.15, 0.2) is 0 Å². The molecular weight excluding hydrogens is 130 g/mol. The molecule has 0 aromatic carbocycles. The second-order valence-corrected chi connectivity index (χ2v) is 1.10. The summed E-state index contributed by atoms with van der Waals surface area (Å²) in [4.78, 5) is 8.00. The van der Waals surface area contributed by atoms with Gasteiger partial charge < -0.3 is 15.2 Å². The van der Waals surface area contributed by atoms with Gasteiger partial charge in [-0.3, -0.25) is 0 Å². The molecule has 0 aromatic heterocycles. The lowest BCUT2D eigenvalue weighted by Gasteiger charge is -2.09. The maximum atomic E-state index is 8.00. The Labute approximate surface area is 64.9 Å². The highest BCUT2D eigenvalue weighted by molar-refractivity contribution is 5.10. The topological polar surface area (TPSA) is 49.3 Å². The van der Waals surface area contributed by atoms with E-state index >= 15 is 0 Å². The largest absolute Gasteiger partial charge is 0.400 e. The fourth-order valence-electron chi connectivity index (χ4n) is 0.177. The van der Waals surface area contributed by atoms with Crippen LogP contribution in [0.1, 0.15) is 21.7 Å². The highest BCUT2D eigenvalue weighted by atomic mass is 16.2. The average molecular weight is 151 g/mol. The molecule has 0 atom stereocenters. The van der Waals surface area contributed by atoms with Crippen molar-refractivity contribution >= 4 is 6.79 Å². The molecule has 1 aliphatic rings. The minimum Gasteiger partial charge on any atom is -0.400 e. The number of aliphatic hydroxyl groups excluding tert-OH is 1. The van der Waals surface area contributed by atoms with E-state index in [1.807, 2.05) is 20.6 Å². The molecule has 0 radical (unpaired) electrons. The zero-order chi connectivity index (χ0) is 8.83. The minimum absolute atomic E-state index is 0. The van der Waals surface area contributed by atoms with Crippen molar-refractivity contribution in [3.63, 3.8) is 0 Å². The Hall–Kier alpha value is -0.410. The predicted molar refractivity (Wildman–Crippen MR) is 46.2 cm³/mol. The third kappa shape index (κ3) is 25.6. The number of carbonyl (C=O) groups is 1. The van der Waals surface area contributed by atoms with Crippen LogP contribution in [0.3, 0.4) is 0 Å². The molecule has 0 unspecified atom stereocenters. The molecule has 3 nitrogen and oxygen atoms in total. The highest BCUT2D eigenvalue weighted by Gasteiger charge is 1.92. The third-order valence-electron chi connectivity index (χ3n) is 0.707. The monoisotopic (exact) mass is 151 g/mol. The molecule has 1 saturated heterocycles. The van der Waals surface area contributed by atoms with Crippen LogP contribution in [0, 0.1) is 0 Å². The van der Waals surface area contributed by atoms with Crippen LogP contribution in [0.2, 0.25) is 0 Å². The summed E-state index contributed by atoms with van der Waals surface area (Å²) in [6.07, 6.45) is 1.39. The van der Waals surface area contributed by atoms with E-state index in [0.717, 1.165) is 7.11 Å². The van der Waals surface area contributed by atoms with Crippen molar-refractivity contribution in [2.75, 3.05) is 20.2 Å². The molecule has 0 spiro atoms. The van der Waals surface area contributed by atoms with Gasteiger partial charge in [-0.2, -0.15) is 0 Å². The molecule has 1 aliphatic heterocycles. The second-order valence-electron chi connectivity index (χ2n) is 1.10. The van der Waals surface area contributed by atoms with E-state index in [4.69, 9.17) is 9.90 Å². The molecule has 1 rings (SSSR count). The normalized spacial score (nSPS) is 11.2. The first-order chi connectivity index (χ1) is 5.00. The maximum absolute atomic E-state index is 8.00. The van der Waals surface area contributed by atoms with Crippen LogP contribution in [-0.4, -0.2) is 32.1 Å². The van der Waals surface area contributed by atoms with Crippen molar-refractivity contribution < 1.29 is 11.3 Å². The van der Waals surface area contributed by atoms with Crippen LogP contribution in [0.25, 0.3) is 0 Å². The van der Waals surface area contributed by atoms with Crippen LogP contribution in [0.4, 0.5) is 0 Å². The fraction of sp³-hybridized carbons (Fsp3) is 0.857. The first-order valence-corrected chi connectivity index (χ1v) is 3.44. The Morgan fingerprint density at radius 1 is 1.30 bits per heavy atom. The van der Waals surface area contributed by atoms with Gasteiger partial charge in [0.25, 0.3) is 0 Å². The van der Waals surface area contributed by atoms with Crippen LogP contribution in [0.15, 0.2) is 0 Å². The number of hydrogen-bond donors (Lipinski definition) is 2. The van der Waals surface area contributed by atoms with Gasteiger partial charge in [-0.05, 0) is 19.5 Å². The average Bonchev–Trinajstić information content (AvgIpc) is 1.96. The summed E-state index contributed by atoms with van der Waals surface area (Å²) >= 11 is 0. The van der Waals surface area contributed by atoms with Gasteiger partial charge >= 0.3 is 0 Å². The Morgan fingerprint density at radius 3 is 1.40 bits per heavy atom.